The number of nitrogens with one attached hydrogen (secondary N) is 1. The van der Waals surface area contributed by atoms with Gasteiger partial charge in [-0.2, -0.15) is 0 Å². The van der Waals surface area contributed by atoms with E-state index in [2.05, 4.69) is 5.32 Å². The molecule has 3 N–H and O–H groups in total. The molecule has 0 unspecified atom stereocenters. The van der Waals surface area contributed by atoms with E-state index in [9.17, 15) is 19.8 Å². The molecule has 1 amide bonds. The number of aromatic nitrogens is 1. The first kappa shape index (κ1) is 21.7. The number of benzene rings is 1. The van der Waals surface area contributed by atoms with Crippen LogP contribution in [0.25, 0.3) is 0 Å². The molecule has 1 aromatic heterocycles. The standard InChI is InChI=1S/C23H28N2O6/c1-3-22(29,21(28)24-15(2)16-7-5-4-6-8-16)18-13-19-23(30-11-12-31-23)9-10-25(19)20(27)17(18)14-26/h4-8,13,15,26,29H,3,9-12,14H2,1-2H3,(H,24,28)/t15-,22+/m1/s1. The highest BCUT2D eigenvalue weighted by Crippen LogP contribution is 2.41. The van der Waals surface area contributed by atoms with Crippen LogP contribution in [0.15, 0.2) is 41.2 Å². The summed E-state index contributed by atoms with van der Waals surface area (Å²) in [5, 5.41) is 24.3. The summed E-state index contributed by atoms with van der Waals surface area (Å²) in [6.45, 7) is 4.08. The van der Waals surface area contributed by atoms with E-state index in [1.54, 1.807) is 13.0 Å². The van der Waals surface area contributed by atoms with Gasteiger partial charge in [0.2, 0.25) is 5.79 Å². The molecule has 2 aliphatic heterocycles. The smallest absolute Gasteiger partial charge is 0.257 e. The lowest BCUT2D eigenvalue weighted by Gasteiger charge is -2.31. The molecular formula is C23H28N2O6. The minimum Gasteiger partial charge on any atom is -0.391 e. The number of amides is 1. The molecule has 1 fully saturated rings. The van der Waals surface area contributed by atoms with Crippen molar-refractivity contribution in [3.63, 3.8) is 0 Å². The molecule has 2 aromatic rings. The number of rotatable bonds is 6. The molecule has 0 bridgehead atoms. The Bertz CT molecular complexity index is 1030. The van der Waals surface area contributed by atoms with Gasteiger partial charge in [0.25, 0.3) is 11.5 Å². The molecule has 1 spiro atoms. The zero-order valence-electron chi connectivity index (χ0n) is 17.8. The van der Waals surface area contributed by atoms with Crippen LogP contribution in [0, 0.1) is 0 Å². The molecule has 0 radical (unpaired) electrons. The average molecular weight is 428 g/mol. The first-order chi connectivity index (χ1) is 14.9. The number of ether oxygens (including phenoxy) is 2. The van der Waals surface area contributed by atoms with E-state index < -0.39 is 29.5 Å². The number of fused-ring (bicyclic) bond motifs is 2. The first-order valence-electron chi connectivity index (χ1n) is 10.6. The lowest BCUT2D eigenvalue weighted by atomic mass is 9.86. The fourth-order valence-electron chi connectivity index (χ4n) is 4.50. The highest BCUT2D eigenvalue weighted by molar-refractivity contribution is 5.87. The number of carbonyl (C=O) groups excluding carboxylic acids is 1. The Hall–Kier alpha value is -2.52. The Kier molecular flexibility index (Phi) is 5.74. The summed E-state index contributed by atoms with van der Waals surface area (Å²) in [5.41, 5.74) is -0.993. The molecule has 2 atom stereocenters. The van der Waals surface area contributed by atoms with Crippen LogP contribution in [0.1, 0.15) is 55.1 Å². The van der Waals surface area contributed by atoms with Crippen LogP contribution >= 0.6 is 0 Å². The predicted octanol–water partition coefficient (Wildman–Crippen LogP) is 1.42. The van der Waals surface area contributed by atoms with Crippen LogP contribution < -0.4 is 10.9 Å². The fourth-order valence-corrected chi connectivity index (χ4v) is 4.50. The molecule has 8 heteroatoms. The zero-order chi connectivity index (χ0) is 22.2. The Morgan fingerprint density at radius 1 is 1.29 bits per heavy atom. The van der Waals surface area contributed by atoms with Crippen molar-refractivity contribution in [3.8, 4) is 0 Å². The monoisotopic (exact) mass is 428 g/mol. The van der Waals surface area contributed by atoms with Crippen LogP contribution in [0.2, 0.25) is 0 Å². The van der Waals surface area contributed by atoms with Crippen LogP contribution in [0.3, 0.4) is 0 Å². The zero-order valence-corrected chi connectivity index (χ0v) is 17.8. The SMILES string of the molecule is CC[C@@](O)(C(=O)N[C@H](C)c1ccccc1)c1cc2n(c(=O)c1CO)CCC21OCCO1. The summed E-state index contributed by atoms with van der Waals surface area (Å²) >= 11 is 0. The topological polar surface area (TPSA) is 110 Å². The highest BCUT2D eigenvalue weighted by Gasteiger charge is 2.48. The largest absolute Gasteiger partial charge is 0.391 e. The van der Waals surface area contributed by atoms with Gasteiger partial charge in [0.05, 0.1) is 31.6 Å². The van der Waals surface area contributed by atoms with Gasteiger partial charge < -0.3 is 29.6 Å². The molecule has 8 nitrogen and oxygen atoms in total. The third kappa shape index (κ3) is 3.49. The van der Waals surface area contributed by atoms with Crippen molar-refractivity contribution in [1.29, 1.82) is 0 Å². The molecule has 166 valence electrons. The van der Waals surface area contributed by atoms with Crippen molar-refractivity contribution in [2.45, 2.75) is 57.3 Å². The summed E-state index contributed by atoms with van der Waals surface area (Å²) in [6.07, 6.45) is 0.475. The molecule has 3 heterocycles. The molecule has 1 aromatic carbocycles. The maximum absolute atomic E-state index is 13.3. The Morgan fingerprint density at radius 2 is 1.97 bits per heavy atom. The summed E-state index contributed by atoms with van der Waals surface area (Å²) < 4.78 is 13.1. The second-order valence-corrected chi connectivity index (χ2v) is 8.06. The number of carbonyl (C=O) groups is 1. The van der Waals surface area contributed by atoms with Crippen molar-refractivity contribution >= 4 is 5.91 Å². The average Bonchev–Trinajstić information content (AvgIpc) is 3.41. The van der Waals surface area contributed by atoms with E-state index in [4.69, 9.17) is 9.47 Å². The van der Waals surface area contributed by atoms with Gasteiger partial charge >= 0.3 is 0 Å². The Labute approximate surface area is 180 Å². The summed E-state index contributed by atoms with van der Waals surface area (Å²) in [4.78, 5) is 26.4. The number of aliphatic hydroxyl groups excluding tert-OH is 1. The Balaban J connectivity index is 1.76. The summed E-state index contributed by atoms with van der Waals surface area (Å²) in [6, 6.07) is 10.6. The van der Waals surface area contributed by atoms with Gasteiger partial charge in [0, 0.05) is 24.1 Å². The van der Waals surface area contributed by atoms with Gasteiger partial charge in [-0.1, -0.05) is 37.3 Å². The number of aliphatic hydroxyl groups is 2. The van der Waals surface area contributed by atoms with Crippen molar-refractivity contribution in [2.24, 2.45) is 0 Å². The second-order valence-electron chi connectivity index (χ2n) is 8.06. The Morgan fingerprint density at radius 3 is 2.58 bits per heavy atom. The fraction of sp³-hybridized carbons (Fsp3) is 0.478. The third-order valence-electron chi connectivity index (χ3n) is 6.35. The molecule has 4 rings (SSSR count). The normalized spacial score (nSPS) is 19.7. The quantitative estimate of drug-likeness (QED) is 0.642. The summed E-state index contributed by atoms with van der Waals surface area (Å²) in [5.74, 6) is -1.68. The van der Waals surface area contributed by atoms with Crippen LogP contribution in [0.5, 0.6) is 0 Å². The van der Waals surface area contributed by atoms with Gasteiger partial charge in [-0.15, -0.1) is 0 Å². The van der Waals surface area contributed by atoms with E-state index >= 15 is 0 Å². The van der Waals surface area contributed by atoms with Gasteiger partial charge in [0.15, 0.2) is 5.60 Å². The number of nitrogens with zero attached hydrogens (tertiary/aromatic N) is 1. The van der Waals surface area contributed by atoms with E-state index in [1.807, 2.05) is 37.3 Å². The number of hydrogen-bond acceptors (Lipinski definition) is 6. The van der Waals surface area contributed by atoms with Crippen LogP contribution in [-0.4, -0.2) is 33.9 Å². The van der Waals surface area contributed by atoms with Crippen molar-refractivity contribution < 1.29 is 24.5 Å². The van der Waals surface area contributed by atoms with Gasteiger partial charge in [-0.25, -0.2) is 0 Å². The summed E-state index contributed by atoms with van der Waals surface area (Å²) in [7, 11) is 0. The van der Waals surface area contributed by atoms with Crippen molar-refractivity contribution in [3.05, 3.63) is 69.1 Å². The maximum atomic E-state index is 13.3. The second kappa shape index (κ2) is 8.20. The van der Waals surface area contributed by atoms with Crippen LogP contribution in [0.4, 0.5) is 0 Å². The van der Waals surface area contributed by atoms with E-state index in [0.29, 0.717) is 31.9 Å². The molecule has 1 saturated heterocycles. The van der Waals surface area contributed by atoms with Gasteiger partial charge in [-0.3, -0.25) is 9.59 Å². The van der Waals surface area contributed by atoms with Gasteiger partial charge in [-0.05, 0) is 25.0 Å². The minimum atomic E-state index is -2.00. The lowest BCUT2D eigenvalue weighted by molar-refractivity contribution is -0.163. The molecule has 0 aliphatic carbocycles. The number of pyridine rings is 1. The lowest BCUT2D eigenvalue weighted by Crippen LogP contribution is -2.47. The molecule has 31 heavy (non-hydrogen) atoms. The van der Waals surface area contributed by atoms with Gasteiger partial charge in [0.1, 0.15) is 0 Å². The van der Waals surface area contributed by atoms with Crippen LogP contribution in [-0.2, 0) is 38.8 Å². The highest BCUT2D eigenvalue weighted by atomic mass is 16.7. The predicted molar refractivity (Wildman–Crippen MR) is 112 cm³/mol. The van der Waals surface area contributed by atoms with E-state index in [-0.39, 0.29) is 23.6 Å². The molecular weight excluding hydrogens is 400 g/mol. The molecule has 2 aliphatic rings. The molecule has 0 saturated carbocycles. The third-order valence-corrected chi connectivity index (χ3v) is 6.35. The first-order valence-corrected chi connectivity index (χ1v) is 10.6. The van der Waals surface area contributed by atoms with E-state index in [1.165, 1.54) is 4.57 Å². The van der Waals surface area contributed by atoms with Crippen molar-refractivity contribution in [2.75, 3.05) is 13.2 Å². The van der Waals surface area contributed by atoms with E-state index in [0.717, 1.165) is 5.56 Å². The van der Waals surface area contributed by atoms with Crippen molar-refractivity contribution in [1.82, 2.24) is 9.88 Å². The number of hydrogen-bond donors (Lipinski definition) is 3. The minimum absolute atomic E-state index is 0.00524. The maximum Gasteiger partial charge on any atom is 0.257 e.